The summed E-state index contributed by atoms with van der Waals surface area (Å²) in [6.45, 7) is 1.34. The lowest BCUT2D eigenvalue weighted by Gasteiger charge is -2.26. The number of nitrogens with one attached hydrogen (secondary N) is 1. The number of hydrogen-bond acceptors (Lipinski definition) is 7. The molecular formula is C43H35F7N6O5S. The van der Waals surface area contributed by atoms with Crippen LogP contribution in [0.3, 0.4) is 0 Å². The van der Waals surface area contributed by atoms with E-state index in [1.807, 2.05) is 0 Å². The van der Waals surface area contributed by atoms with Gasteiger partial charge in [-0.25, -0.2) is 35.4 Å². The first-order valence-electron chi connectivity index (χ1n) is 19.5. The third kappa shape index (κ3) is 7.34. The van der Waals surface area contributed by atoms with Crippen molar-refractivity contribution >= 4 is 26.8 Å². The maximum atomic E-state index is 15.5. The molecule has 0 unspecified atom stereocenters. The second-order valence-electron chi connectivity index (χ2n) is 15.6. The van der Waals surface area contributed by atoms with E-state index in [0.29, 0.717) is 27.4 Å². The topological polar surface area (TPSA) is 128 Å². The number of hydrogen-bond donors (Lipinski definition) is 1. The van der Waals surface area contributed by atoms with Gasteiger partial charge in [-0.3, -0.25) is 18.8 Å². The zero-order chi connectivity index (χ0) is 43.8. The van der Waals surface area contributed by atoms with Crippen molar-refractivity contribution in [3.8, 4) is 16.8 Å². The third-order valence-corrected chi connectivity index (χ3v) is 13.5. The fourth-order valence-electron chi connectivity index (χ4n) is 8.63. The van der Waals surface area contributed by atoms with Gasteiger partial charge in [0.2, 0.25) is 15.9 Å². The molecular weight excluding hydrogens is 846 g/mol. The highest BCUT2D eigenvalue weighted by Crippen LogP contribution is 2.68. The van der Waals surface area contributed by atoms with E-state index in [2.05, 4.69) is 10.4 Å². The molecule has 1 saturated carbocycles. The van der Waals surface area contributed by atoms with Crippen LogP contribution in [-0.2, 0) is 38.4 Å². The van der Waals surface area contributed by atoms with Gasteiger partial charge in [0.05, 0.1) is 40.7 Å². The SMILES string of the molecule is Cc1cc(F)ccc1-c1ccc2c(=O)n(-c3ccc(S(=O)(=O)N4CCOCC4)cc3)c([C@H](Cc3cc(F)cc(F)c3)NC(=O)Cn3nc(C(F)F)c4c3C(F)(F)[C@@H]3C[C@H]43)nc2c1. The highest BCUT2D eigenvalue weighted by Gasteiger charge is 2.67. The van der Waals surface area contributed by atoms with Crippen LogP contribution in [0.25, 0.3) is 27.7 Å². The molecule has 4 aromatic carbocycles. The molecule has 3 aliphatic rings. The lowest BCUT2D eigenvalue weighted by molar-refractivity contribution is -0.123. The van der Waals surface area contributed by atoms with Crippen LogP contribution >= 0.6 is 0 Å². The Bertz CT molecular complexity index is 2930. The number of fused-ring (bicyclic) bond motifs is 4. The summed E-state index contributed by atoms with van der Waals surface area (Å²) in [7, 11) is -3.99. The number of morpholine rings is 1. The molecule has 1 amide bonds. The minimum absolute atomic E-state index is 0.00237. The van der Waals surface area contributed by atoms with E-state index in [9.17, 15) is 40.0 Å². The first kappa shape index (κ1) is 41.4. The average molecular weight is 881 g/mol. The summed E-state index contributed by atoms with van der Waals surface area (Å²) in [6.07, 6.45) is -3.65. The molecule has 3 heterocycles. The van der Waals surface area contributed by atoms with Gasteiger partial charge in [0.15, 0.2) is 0 Å². The van der Waals surface area contributed by atoms with Crippen LogP contribution in [0.15, 0.2) is 88.6 Å². The lowest BCUT2D eigenvalue weighted by Crippen LogP contribution is -2.40. The number of alkyl halides is 4. The largest absolute Gasteiger partial charge is 0.379 e. The van der Waals surface area contributed by atoms with Crippen LogP contribution in [-0.4, -0.2) is 64.3 Å². The van der Waals surface area contributed by atoms with Crippen LogP contribution in [0.4, 0.5) is 30.7 Å². The molecule has 1 aliphatic heterocycles. The van der Waals surface area contributed by atoms with Gasteiger partial charge in [-0.1, -0.05) is 12.1 Å². The number of carbonyl (C=O) groups excluding carboxylic acids is 1. The van der Waals surface area contributed by atoms with Crippen LogP contribution in [0.2, 0.25) is 0 Å². The number of benzene rings is 4. The maximum absolute atomic E-state index is 15.5. The number of sulfonamides is 1. The van der Waals surface area contributed by atoms with Gasteiger partial charge in [-0.05, 0) is 102 Å². The molecule has 0 radical (unpaired) electrons. The lowest BCUT2D eigenvalue weighted by atomic mass is 9.99. The summed E-state index contributed by atoms with van der Waals surface area (Å²) in [6, 6.07) is 15.1. The van der Waals surface area contributed by atoms with E-state index in [1.165, 1.54) is 46.8 Å². The standard InChI is InChI=1S/C43H35F7N6O5S/c1-22-14-25(44)3-9-30(22)24-2-8-31-34(18-24)52-41(56(42(31)58)28-4-6-29(7-5-28)62(59,60)54-10-12-61-13-11-54)35(17-23-15-26(45)19-27(46)16-23)51-36(57)21-55-39-37(38(53-55)40(47)48)32-20-33(32)43(39,49)50/h2-9,14-16,18-19,32-33,35,40H,10-13,17,20-21H2,1H3,(H,51,57)/t32-,33+,35-/m0/s1. The van der Waals surface area contributed by atoms with Gasteiger partial charge in [0, 0.05) is 37.1 Å². The zero-order valence-electron chi connectivity index (χ0n) is 32.6. The first-order valence-corrected chi connectivity index (χ1v) is 21.0. The Balaban J connectivity index is 1.19. The van der Waals surface area contributed by atoms with E-state index in [-0.39, 0.29) is 71.2 Å². The van der Waals surface area contributed by atoms with Gasteiger partial charge in [0.25, 0.3) is 17.9 Å². The molecule has 9 rings (SSSR count). The van der Waals surface area contributed by atoms with E-state index in [0.717, 1.165) is 16.7 Å². The van der Waals surface area contributed by atoms with Crippen molar-refractivity contribution in [1.29, 1.82) is 0 Å². The molecule has 11 nitrogen and oxygen atoms in total. The second-order valence-corrected chi connectivity index (χ2v) is 17.5. The molecule has 2 aliphatic carbocycles. The quantitative estimate of drug-likeness (QED) is 0.136. The second kappa shape index (κ2) is 15.5. The number of halogens is 7. The third-order valence-electron chi connectivity index (χ3n) is 11.6. The number of nitrogens with zero attached hydrogens (tertiary/aromatic N) is 5. The molecule has 6 aromatic rings. The molecule has 1 saturated heterocycles. The van der Waals surface area contributed by atoms with Crippen molar-refractivity contribution in [2.75, 3.05) is 26.3 Å². The fraction of sp³-hybridized carbons (Fsp3) is 0.302. The number of aryl methyl sites for hydroxylation is 1. The van der Waals surface area contributed by atoms with Crippen molar-refractivity contribution < 1.29 is 48.7 Å². The van der Waals surface area contributed by atoms with Crippen LogP contribution in [0.5, 0.6) is 0 Å². The maximum Gasteiger partial charge on any atom is 0.293 e. The zero-order valence-corrected chi connectivity index (χ0v) is 33.4. The number of ether oxygens (including phenoxy) is 1. The van der Waals surface area contributed by atoms with Gasteiger partial charge in [-0.15, -0.1) is 0 Å². The predicted octanol–water partition coefficient (Wildman–Crippen LogP) is 7.24. The monoisotopic (exact) mass is 880 g/mol. The molecule has 322 valence electrons. The van der Waals surface area contributed by atoms with Gasteiger partial charge >= 0.3 is 0 Å². The molecule has 62 heavy (non-hydrogen) atoms. The number of rotatable bonds is 11. The Kier molecular flexibility index (Phi) is 10.3. The molecule has 1 N–H and O–H groups in total. The molecule has 3 atom stereocenters. The van der Waals surface area contributed by atoms with Crippen molar-refractivity contribution in [3.63, 3.8) is 0 Å². The van der Waals surface area contributed by atoms with Crippen molar-refractivity contribution in [2.45, 2.75) is 55.5 Å². The predicted molar refractivity (Wildman–Crippen MR) is 210 cm³/mol. The molecule has 0 spiro atoms. The number of carbonyl (C=O) groups is 1. The van der Waals surface area contributed by atoms with Crippen LogP contribution in [0.1, 0.15) is 58.7 Å². The Labute approximate surface area is 348 Å². The highest BCUT2D eigenvalue weighted by molar-refractivity contribution is 7.89. The Morgan fingerprint density at radius 3 is 2.32 bits per heavy atom. The summed E-state index contributed by atoms with van der Waals surface area (Å²) in [5, 5.41) is 6.43. The summed E-state index contributed by atoms with van der Waals surface area (Å²) in [4.78, 5) is 33.5. The summed E-state index contributed by atoms with van der Waals surface area (Å²) < 4.78 is 138. The average Bonchev–Trinajstić information content (AvgIpc) is 3.88. The summed E-state index contributed by atoms with van der Waals surface area (Å²) >= 11 is 0. The Morgan fingerprint density at radius 1 is 0.935 bits per heavy atom. The Hall–Kier alpha value is -5.92. The van der Waals surface area contributed by atoms with Crippen molar-refractivity contribution in [1.82, 2.24) is 29.0 Å². The molecule has 2 fully saturated rings. The first-order chi connectivity index (χ1) is 29.5. The number of amides is 1. The fourth-order valence-corrected chi connectivity index (χ4v) is 10.0. The summed E-state index contributed by atoms with van der Waals surface area (Å²) in [5.41, 5.74) is -0.839. The minimum Gasteiger partial charge on any atom is -0.379 e. The Morgan fingerprint density at radius 2 is 1.65 bits per heavy atom. The van der Waals surface area contributed by atoms with Gasteiger partial charge in [-0.2, -0.15) is 18.2 Å². The van der Waals surface area contributed by atoms with E-state index < -0.39 is 93.5 Å². The smallest absolute Gasteiger partial charge is 0.293 e. The molecule has 2 aromatic heterocycles. The normalized spacial score (nSPS) is 18.8. The molecule has 0 bridgehead atoms. The van der Waals surface area contributed by atoms with Crippen LogP contribution in [0, 0.1) is 30.3 Å². The van der Waals surface area contributed by atoms with Crippen LogP contribution < -0.4 is 10.9 Å². The van der Waals surface area contributed by atoms with Crippen molar-refractivity contribution in [2.24, 2.45) is 5.92 Å². The van der Waals surface area contributed by atoms with E-state index in [1.54, 1.807) is 25.1 Å². The van der Waals surface area contributed by atoms with Crippen molar-refractivity contribution in [3.05, 3.63) is 141 Å². The summed E-state index contributed by atoms with van der Waals surface area (Å²) in [5.74, 6) is -9.27. The molecule has 19 heteroatoms. The highest BCUT2D eigenvalue weighted by atomic mass is 32.2. The van der Waals surface area contributed by atoms with Gasteiger partial charge < -0.3 is 10.1 Å². The van der Waals surface area contributed by atoms with E-state index in [4.69, 9.17) is 9.72 Å². The minimum atomic E-state index is -3.99. The van der Waals surface area contributed by atoms with E-state index >= 15 is 8.78 Å². The number of aromatic nitrogens is 4. The van der Waals surface area contributed by atoms with Gasteiger partial charge in [0.1, 0.15) is 41.2 Å².